The van der Waals surface area contributed by atoms with Crippen LogP contribution < -0.4 is 11.2 Å². The van der Waals surface area contributed by atoms with Gasteiger partial charge in [-0.05, 0) is 0 Å². The van der Waals surface area contributed by atoms with Gasteiger partial charge in [-0.1, -0.05) is 0 Å². The fourth-order valence-corrected chi connectivity index (χ4v) is 2.14. The Bertz CT molecular complexity index is 678. The number of ether oxygens (including phenoxy) is 1. The van der Waals surface area contributed by atoms with Gasteiger partial charge in [0.05, 0.1) is 18.9 Å². The maximum Gasteiger partial charge on any atom is 0.330 e. The summed E-state index contributed by atoms with van der Waals surface area (Å²) in [6.45, 7) is -0.654. The highest BCUT2D eigenvalue weighted by molar-refractivity contribution is 5.02. The number of aromatic nitrogens is 2. The molecule has 0 spiro atoms. The monoisotopic (exact) mass is 301 g/mol. The van der Waals surface area contributed by atoms with Gasteiger partial charge in [0.1, 0.15) is 24.2 Å². The average Bonchev–Trinajstić information content (AvgIpc) is 2.46. The first-order chi connectivity index (χ1) is 9.90. The van der Waals surface area contributed by atoms with E-state index in [2.05, 4.69) is 0 Å². The Morgan fingerprint density at radius 3 is 2.67 bits per heavy atom. The quantitative estimate of drug-likeness (QED) is 0.469. The van der Waals surface area contributed by atoms with Crippen molar-refractivity contribution in [2.75, 3.05) is 6.61 Å². The van der Waals surface area contributed by atoms with Crippen LogP contribution in [0.2, 0.25) is 0 Å². The van der Waals surface area contributed by atoms with Crippen LogP contribution in [0.1, 0.15) is 6.23 Å². The Labute approximate surface area is 116 Å². The minimum atomic E-state index is -1.72. The summed E-state index contributed by atoms with van der Waals surface area (Å²) in [7, 11) is 0. The molecule has 21 heavy (non-hydrogen) atoms. The highest BCUT2D eigenvalue weighted by Gasteiger charge is 2.45. The van der Waals surface area contributed by atoms with Gasteiger partial charge >= 0.3 is 5.69 Å². The zero-order valence-corrected chi connectivity index (χ0v) is 10.5. The largest absolute Gasteiger partial charge is 0.394 e. The fraction of sp³-hybridized carbons (Fsp3) is 0.545. The summed E-state index contributed by atoms with van der Waals surface area (Å²) in [6.07, 6.45) is -5.56. The van der Waals surface area contributed by atoms with E-state index in [1.165, 1.54) is 0 Å². The van der Waals surface area contributed by atoms with Gasteiger partial charge in [-0.2, -0.15) is 9.65 Å². The molecule has 9 nitrogen and oxygen atoms in total. The second-order valence-corrected chi connectivity index (χ2v) is 4.53. The number of nitrogens with one attached hydrogen (secondary N) is 1. The second-order valence-electron chi connectivity index (χ2n) is 4.53. The van der Waals surface area contributed by atoms with Gasteiger partial charge in [-0.25, -0.2) is 4.79 Å². The van der Waals surface area contributed by atoms with Crippen LogP contribution >= 0.6 is 0 Å². The van der Waals surface area contributed by atoms with E-state index in [1.807, 2.05) is 0 Å². The van der Waals surface area contributed by atoms with E-state index in [0.29, 0.717) is 10.8 Å². The first-order valence-electron chi connectivity index (χ1n) is 5.93. The molecule has 5 atom stereocenters. The lowest BCUT2D eigenvalue weighted by atomic mass is 9.90. The summed E-state index contributed by atoms with van der Waals surface area (Å²) < 4.78 is 19.0. The highest BCUT2D eigenvalue weighted by Crippen LogP contribution is 2.30. The van der Waals surface area contributed by atoms with Crippen LogP contribution in [0.3, 0.4) is 0 Å². The number of hydrogen-bond acceptors (Lipinski definition) is 7. The van der Waals surface area contributed by atoms with Crippen LogP contribution in [0.4, 0.5) is 4.39 Å². The van der Waals surface area contributed by atoms with Gasteiger partial charge in [0.2, 0.25) is 5.82 Å². The lowest BCUT2D eigenvalue weighted by Crippen LogP contribution is -2.54. The third-order valence-electron chi connectivity index (χ3n) is 3.25. The molecule has 2 rings (SSSR count). The highest BCUT2D eigenvalue weighted by atomic mass is 19.1. The van der Waals surface area contributed by atoms with E-state index < -0.39 is 54.1 Å². The number of nitriles is 1. The van der Waals surface area contributed by atoms with Gasteiger partial charge in [-0.15, -0.1) is 0 Å². The molecule has 114 valence electrons. The van der Waals surface area contributed by atoms with Gasteiger partial charge in [0, 0.05) is 0 Å². The Kier molecular flexibility index (Phi) is 4.19. The molecule has 0 aliphatic carbocycles. The predicted molar refractivity (Wildman–Crippen MR) is 63.4 cm³/mol. The normalized spacial score (nSPS) is 32.6. The zero-order chi connectivity index (χ0) is 15.7. The van der Waals surface area contributed by atoms with Crippen molar-refractivity contribution in [2.45, 2.75) is 24.5 Å². The molecule has 1 aliphatic rings. The maximum absolute atomic E-state index is 13.3. The van der Waals surface area contributed by atoms with Crippen LogP contribution in [0, 0.1) is 23.1 Å². The molecular formula is C11H12FN3O6. The first kappa shape index (κ1) is 15.3. The fourth-order valence-electron chi connectivity index (χ4n) is 2.14. The van der Waals surface area contributed by atoms with Crippen molar-refractivity contribution in [3.05, 3.63) is 32.9 Å². The van der Waals surface area contributed by atoms with E-state index >= 15 is 0 Å². The van der Waals surface area contributed by atoms with E-state index in [0.717, 1.165) is 0 Å². The number of halogens is 1. The molecule has 4 N–H and O–H groups in total. The van der Waals surface area contributed by atoms with Crippen molar-refractivity contribution in [3.63, 3.8) is 0 Å². The lowest BCUT2D eigenvalue weighted by molar-refractivity contribution is -0.224. The summed E-state index contributed by atoms with van der Waals surface area (Å²) in [6, 6.07) is 1.68. The minimum Gasteiger partial charge on any atom is -0.394 e. The Morgan fingerprint density at radius 1 is 1.43 bits per heavy atom. The SMILES string of the molecule is N#C[C@@H]1[C@H](O)[C@H](O)[C@@H](n2cc(F)c(=O)[nH]c2=O)O[C@@H]1CO. The van der Waals surface area contributed by atoms with Crippen LogP contribution in [-0.2, 0) is 4.74 Å². The van der Waals surface area contributed by atoms with E-state index in [-0.39, 0.29) is 0 Å². The molecule has 0 aromatic carbocycles. The lowest BCUT2D eigenvalue weighted by Gasteiger charge is -2.39. The predicted octanol–water partition coefficient (Wildman–Crippen LogP) is -2.57. The molecule has 1 aromatic rings. The molecule has 1 fully saturated rings. The summed E-state index contributed by atoms with van der Waals surface area (Å²) in [5.74, 6) is -2.51. The second kappa shape index (κ2) is 5.74. The molecule has 1 aliphatic heterocycles. The van der Waals surface area contributed by atoms with Crippen molar-refractivity contribution in [1.82, 2.24) is 9.55 Å². The minimum absolute atomic E-state index is 0.517. The van der Waals surface area contributed by atoms with Crippen molar-refractivity contribution in [2.24, 2.45) is 5.92 Å². The van der Waals surface area contributed by atoms with E-state index in [9.17, 15) is 24.2 Å². The summed E-state index contributed by atoms with van der Waals surface area (Å²) in [4.78, 5) is 24.3. The number of hydrogen-bond donors (Lipinski definition) is 4. The van der Waals surface area contributed by atoms with Gasteiger partial charge < -0.3 is 20.1 Å². The average molecular weight is 301 g/mol. The molecule has 0 saturated carbocycles. The van der Waals surface area contributed by atoms with Crippen LogP contribution in [0.5, 0.6) is 0 Å². The molecule has 1 aromatic heterocycles. The Morgan fingerprint density at radius 2 is 2.10 bits per heavy atom. The molecule has 2 heterocycles. The zero-order valence-electron chi connectivity index (χ0n) is 10.5. The molecular weight excluding hydrogens is 289 g/mol. The van der Waals surface area contributed by atoms with Crippen molar-refractivity contribution >= 4 is 0 Å². The van der Waals surface area contributed by atoms with E-state index in [4.69, 9.17) is 15.1 Å². The van der Waals surface area contributed by atoms with Crippen molar-refractivity contribution in [1.29, 1.82) is 5.26 Å². The standard InChI is InChI=1S/C11H12FN3O6/c12-5-2-15(11(20)14-9(5)19)10-8(18)7(17)4(1-13)6(3-16)21-10/h2,4,6-8,10,16-18H,3H2,(H,14,19,20)/t4-,6+,7-,8-,10-/m0/s1. The third kappa shape index (κ3) is 2.59. The summed E-state index contributed by atoms with van der Waals surface area (Å²) in [5.41, 5.74) is -2.31. The number of rotatable bonds is 2. The van der Waals surface area contributed by atoms with Crippen LogP contribution in [0.25, 0.3) is 0 Å². The topological polar surface area (TPSA) is 149 Å². The van der Waals surface area contributed by atoms with Crippen LogP contribution in [0.15, 0.2) is 15.8 Å². The molecule has 10 heteroatoms. The number of aliphatic hydroxyl groups is 3. The van der Waals surface area contributed by atoms with Crippen molar-refractivity contribution < 1.29 is 24.4 Å². The molecule has 0 bridgehead atoms. The van der Waals surface area contributed by atoms with Crippen LogP contribution in [-0.4, -0.2) is 49.8 Å². The number of aromatic amines is 1. The summed E-state index contributed by atoms with van der Waals surface area (Å²) in [5, 5.41) is 37.8. The molecule has 1 saturated heterocycles. The third-order valence-corrected chi connectivity index (χ3v) is 3.25. The van der Waals surface area contributed by atoms with Gasteiger partial charge in [-0.3, -0.25) is 14.3 Å². The molecule has 0 radical (unpaired) electrons. The smallest absolute Gasteiger partial charge is 0.330 e. The van der Waals surface area contributed by atoms with Crippen molar-refractivity contribution in [3.8, 4) is 6.07 Å². The number of aliphatic hydroxyl groups excluding tert-OH is 3. The van der Waals surface area contributed by atoms with E-state index in [1.54, 1.807) is 11.1 Å². The van der Waals surface area contributed by atoms with Gasteiger partial charge in [0.25, 0.3) is 5.56 Å². The number of H-pyrrole nitrogens is 1. The summed E-state index contributed by atoms with van der Waals surface area (Å²) >= 11 is 0. The molecule has 0 amide bonds. The molecule has 0 unspecified atom stereocenters. The Hall–Kier alpha value is -2.06. The Balaban J connectivity index is 2.45. The number of nitrogens with zero attached hydrogens (tertiary/aromatic N) is 2. The first-order valence-corrected chi connectivity index (χ1v) is 5.93. The maximum atomic E-state index is 13.3. The van der Waals surface area contributed by atoms with Gasteiger partial charge in [0.15, 0.2) is 6.23 Å².